The zero-order valence-electron chi connectivity index (χ0n) is 18.0. The molecule has 168 valence electrons. The third-order valence-electron chi connectivity index (χ3n) is 5.02. The summed E-state index contributed by atoms with van der Waals surface area (Å²) < 4.78 is 1.46. The average Bonchev–Trinajstić information content (AvgIpc) is 2.81. The molecule has 4 rings (SSSR count). The Morgan fingerprint density at radius 3 is 2.61 bits per heavy atom. The van der Waals surface area contributed by atoms with Gasteiger partial charge in [0.05, 0.1) is 26.7 Å². The molecule has 0 unspecified atom stereocenters. The molecule has 0 saturated heterocycles. The molecule has 9 heteroatoms. The molecule has 0 fully saturated rings. The number of thioether (sulfide) groups is 1. The van der Waals surface area contributed by atoms with Crippen molar-refractivity contribution < 1.29 is 4.79 Å². The van der Waals surface area contributed by atoms with Crippen molar-refractivity contribution in [3.8, 4) is 5.82 Å². The maximum Gasteiger partial charge on any atom is 0.267 e. The fraction of sp³-hybridized carbons (Fsp3) is 0.167. The Kier molecular flexibility index (Phi) is 7.02. The van der Waals surface area contributed by atoms with Crippen LogP contribution in [0.3, 0.4) is 0 Å². The van der Waals surface area contributed by atoms with E-state index in [1.165, 1.54) is 16.3 Å². The number of carbonyl (C=O) groups excluding carboxylic acids is 1. The summed E-state index contributed by atoms with van der Waals surface area (Å²) in [4.78, 5) is 36.7. The van der Waals surface area contributed by atoms with E-state index in [4.69, 9.17) is 23.2 Å². The summed E-state index contributed by atoms with van der Waals surface area (Å²) in [5, 5.41) is 1.81. The van der Waals surface area contributed by atoms with Crippen LogP contribution in [-0.4, -0.2) is 38.1 Å². The number of aryl methyl sites for hydroxylation is 1. The first-order valence-electron chi connectivity index (χ1n) is 10.1. The third kappa shape index (κ3) is 5.21. The average molecular weight is 499 g/mol. The van der Waals surface area contributed by atoms with Crippen molar-refractivity contribution in [1.82, 2.24) is 19.4 Å². The van der Waals surface area contributed by atoms with Gasteiger partial charge < -0.3 is 4.90 Å². The van der Waals surface area contributed by atoms with Crippen LogP contribution in [0.4, 0.5) is 0 Å². The van der Waals surface area contributed by atoms with Crippen LogP contribution in [0, 0.1) is 6.92 Å². The number of hydrogen-bond donors (Lipinski definition) is 0. The number of benzene rings is 2. The van der Waals surface area contributed by atoms with Crippen molar-refractivity contribution in [2.75, 3.05) is 12.8 Å². The predicted octanol–water partition coefficient (Wildman–Crippen LogP) is 5.15. The third-order valence-corrected chi connectivity index (χ3v) is 6.69. The molecule has 0 atom stereocenters. The molecule has 4 aromatic rings. The summed E-state index contributed by atoms with van der Waals surface area (Å²) in [7, 11) is 1.72. The van der Waals surface area contributed by atoms with E-state index in [-0.39, 0.29) is 17.2 Å². The van der Waals surface area contributed by atoms with Gasteiger partial charge in [-0.3, -0.25) is 9.59 Å². The Balaban J connectivity index is 1.60. The minimum absolute atomic E-state index is 0.106. The van der Waals surface area contributed by atoms with Crippen LogP contribution in [-0.2, 0) is 11.3 Å². The quantitative estimate of drug-likeness (QED) is 0.271. The van der Waals surface area contributed by atoms with Crippen LogP contribution >= 0.6 is 35.0 Å². The summed E-state index contributed by atoms with van der Waals surface area (Å²) in [5.74, 6) is 0.453. The summed E-state index contributed by atoms with van der Waals surface area (Å²) in [6, 6.07) is 16.1. The maximum absolute atomic E-state index is 13.3. The van der Waals surface area contributed by atoms with Gasteiger partial charge in [-0.1, -0.05) is 59.2 Å². The van der Waals surface area contributed by atoms with Gasteiger partial charge in [0.25, 0.3) is 5.56 Å². The zero-order valence-corrected chi connectivity index (χ0v) is 20.3. The normalized spacial score (nSPS) is 11.0. The molecule has 2 heterocycles. The van der Waals surface area contributed by atoms with Crippen molar-refractivity contribution in [3.63, 3.8) is 0 Å². The van der Waals surface area contributed by atoms with E-state index in [1.807, 2.05) is 25.1 Å². The lowest BCUT2D eigenvalue weighted by molar-refractivity contribution is -0.127. The first kappa shape index (κ1) is 23.3. The van der Waals surface area contributed by atoms with Crippen molar-refractivity contribution in [1.29, 1.82) is 0 Å². The second-order valence-corrected chi connectivity index (χ2v) is 9.29. The number of halogens is 2. The van der Waals surface area contributed by atoms with Crippen LogP contribution in [0.5, 0.6) is 0 Å². The largest absolute Gasteiger partial charge is 0.341 e. The van der Waals surface area contributed by atoms with E-state index in [1.54, 1.807) is 54.5 Å². The van der Waals surface area contributed by atoms with Gasteiger partial charge in [0.1, 0.15) is 5.82 Å². The fourth-order valence-corrected chi connectivity index (χ4v) is 4.50. The topological polar surface area (TPSA) is 68.1 Å². The van der Waals surface area contributed by atoms with Gasteiger partial charge in [-0.2, -0.15) is 0 Å². The smallest absolute Gasteiger partial charge is 0.267 e. The monoisotopic (exact) mass is 498 g/mol. The fourth-order valence-electron chi connectivity index (χ4n) is 3.24. The number of fused-ring (bicyclic) bond motifs is 1. The number of nitrogens with zero attached hydrogens (tertiary/aromatic N) is 4. The van der Waals surface area contributed by atoms with Gasteiger partial charge in [-0.15, -0.1) is 0 Å². The maximum atomic E-state index is 13.3. The Bertz CT molecular complexity index is 1390. The summed E-state index contributed by atoms with van der Waals surface area (Å²) in [6.07, 6.45) is 1.70. The highest BCUT2D eigenvalue weighted by atomic mass is 35.5. The molecule has 0 aliphatic heterocycles. The van der Waals surface area contributed by atoms with Crippen LogP contribution in [0.2, 0.25) is 10.0 Å². The van der Waals surface area contributed by atoms with Crippen LogP contribution in [0.1, 0.15) is 11.1 Å². The molecule has 0 bridgehead atoms. The standard InChI is InChI=1S/C24H20Cl2N4O2S/c1-15-7-10-21(27-12-15)30-23(32)17-5-3-4-6-20(17)28-24(30)33-14-22(31)29(2)13-16-8-9-18(25)19(26)11-16/h3-12H,13-14H2,1-2H3. The lowest BCUT2D eigenvalue weighted by Crippen LogP contribution is -2.28. The Labute approximate surface area is 205 Å². The highest BCUT2D eigenvalue weighted by molar-refractivity contribution is 7.99. The lowest BCUT2D eigenvalue weighted by atomic mass is 10.2. The number of para-hydroxylation sites is 1. The predicted molar refractivity (Wildman–Crippen MR) is 134 cm³/mol. The molecule has 0 aliphatic rings. The number of carbonyl (C=O) groups is 1. The molecule has 0 N–H and O–H groups in total. The zero-order chi connectivity index (χ0) is 23.5. The Hall–Kier alpha value is -2.87. The minimum Gasteiger partial charge on any atom is -0.341 e. The number of hydrogen-bond acceptors (Lipinski definition) is 5. The van der Waals surface area contributed by atoms with Crippen molar-refractivity contribution in [2.24, 2.45) is 0 Å². The minimum atomic E-state index is -0.226. The SMILES string of the molecule is Cc1ccc(-n2c(SCC(=O)N(C)Cc3ccc(Cl)c(Cl)c3)nc3ccccc3c2=O)nc1. The number of rotatable bonds is 6. The highest BCUT2D eigenvalue weighted by Gasteiger charge is 2.17. The van der Waals surface area contributed by atoms with Gasteiger partial charge >= 0.3 is 0 Å². The second-order valence-electron chi connectivity index (χ2n) is 7.53. The number of aromatic nitrogens is 3. The molecule has 0 saturated carbocycles. The molecule has 0 aliphatic carbocycles. The van der Waals surface area contributed by atoms with E-state index < -0.39 is 0 Å². The van der Waals surface area contributed by atoms with Gasteiger partial charge in [0, 0.05) is 19.8 Å². The van der Waals surface area contributed by atoms with E-state index in [9.17, 15) is 9.59 Å². The lowest BCUT2D eigenvalue weighted by Gasteiger charge is -2.18. The molecular weight excluding hydrogens is 479 g/mol. The summed E-state index contributed by atoms with van der Waals surface area (Å²) >= 11 is 13.3. The van der Waals surface area contributed by atoms with E-state index in [0.717, 1.165) is 11.1 Å². The first-order valence-corrected chi connectivity index (χ1v) is 11.8. The van der Waals surface area contributed by atoms with Crippen molar-refractivity contribution in [2.45, 2.75) is 18.6 Å². The van der Waals surface area contributed by atoms with E-state index in [2.05, 4.69) is 9.97 Å². The molecule has 0 radical (unpaired) electrons. The van der Waals surface area contributed by atoms with Crippen LogP contribution in [0.25, 0.3) is 16.7 Å². The highest BCUT2D eigenvalue weighted by Crippen LogP contribution is 2.24. The molecule has 33 heavy (non-hydrogen) atoms. The first-order chi connectivity index (χ1) is 15.8. The number of amides is 1. The van der Waals surface area contributed by atoms with E-state index in [0.29, 0.717) is 38.5 Å². The number of pyridine rings is 1. The molecule has 6 nitrogen and oxygen atoms in total. The van der Waals surface area contributed by atoms with Gasteiger partial charge in [0.2, 0.25) is 5.91 Å². The van der Waals surface area contributed by atoms with Gasteiger partial charge in [-0.05, 0) is 48.4 Å². The Morgan fingerprint density at radius 2 is 1.88 bits per heavy atom. The molecular formula is C24H20Cl2N4O2S. The van der Waals surface area contributed by atoms with Crippen LogP contribution < -0.4 is 5.56 Å². The van der Waals surface area contributed by atoms with Crippen LogP contribution in [0.15, 0.2) is 70.7 Å². The van der Waals surface area contributed by atoms with Gasteiger partial charge in [0.15, 0.2) is 5.16 Å². The second kappa shape index (κ2) is 9.95. The van der Waals surface area contributed by atoms with Gasteiger partial charge in [-0.25, -0.2) is 14.5 Å². The van der Waals surface area contributed by atoms with E-state index >= 15 is 0 Å². The molecule has 1 amide bonds. The van der Waals surface area contributed by atoms with Crippen molar-refractivity contribution >= 4 is 51.8 Å². The molecule has 0 spiro atoms. The summed E-state index contributed by atoms with van der Waals surface area (Å²) in [6.45, 7) is 2.31. The molecule has 2 aromatic carbocycles. The Morgan fingerprint density at radius 1 is 1.09 bits per heavy atom. The molecule has 2 aromatic heterocycles. The van der Waals surface area contributed by atoms with Crippen molar-refractivity contribution in [3.05, 3.63) is 92.3 Å². The summed E-state index contributed by atoms with van der Waals surface area (Å²) in [5.41, 5.74) is 2.20.